The van der Waals surface area contributed by atoms with Crippen LogP contribution in [0.3, 0.4) is 0 Å². The number of hydrogen-bond donors (Lipinski definition) is 3. The Balaban J connectivity index is 0.000000675. The van der Waals surface area contributed by atoms with Gasteiger partial charge in [0.2, 0.25) is 0 Å². The molecule has 0 spiro atoms. The van der Waals surface area contributed by atoms with E-state index in [9.17, 15) is 27.9 Å². The van der Waals surface area contributed by atoms with Crippen molar-refractivity contribution in [2.45, 2.75) is 32.9 Å². The number of carbonyl (C=O) groups is 3. The summed E-state index contributed by atoms with van der Waals surface area (Å²) in [5.41, 5.74) is 1.84. The molecular formula is C22H24ClF3N2O5. The van der Waals surface area contributed by atoms with Crippen LogP contribution in [0, 0.1) is 0 Å². The lowest BCUT2D eigenvalue weighted by atomic mass is 10.1. The van der Waals surface area contributed by atoms with Gasteiger partial charge in [-0.15, -0.1) is 0 Å². The smallest absolute Gasteiger partial charge is 0.478 e. The van der Waals surface area contributed by atoms with Gasteiger partial charge >= 0.3 is 18.1 Å². The Bertz CT molecular complexity index is 977. The van der Waals surface area contributed by atoms with Crippen LogP contribution in [0.4, 0.5) is 24.5 Å². The number of nitrogens with one attached hydrogen (secondary N) is 1. The molecule has 2 aromatic carbocycles. The molecule has 0 saturated carbocycles. The number of halogens is 4. The molecule has 1 amide bonds. The molecule has 0 aromatic heterocycles. The van der Waals surface area contributed by atoms with Gasteiger partial charge in [0.1, 0.15) is 0 Å². The number of alkyl halides is 3. The van der Waals surface area contributed by atoms with Gasteiger partial charge in [-0.25, -0.2) is 9.59 Å². The zero-order chi connectivity index (χ0) is 25.2. The van der Waals surface area contributed by atoms with Crippen molar-refractivity contribution in [1.29, 1.82) is 0 Å². The van der Waals surface area contributed by atoms with Crippen LogP contribution in [0.1, 0.15) is 47.4 Å². The first-order valence-electron chi connectivity index (χ1n) is 9.90. The fourth-order valence-corrected chi connectivity index (χ4v) is 2.95. The molecule has 2 aromatic rings. The Morgan fingerprint density at radius 3 is 2.00 bits per heavy atom. The highest BCUT2D eigenvalue weighted by atomic mass is 35.5. The summed E-state index contributed by atoms with van der Waals surface area (Å²) in [6.07, 6.45) is -3.19. The molecule has 3 N–H and O–H groups in total. The fraction of sp³-hybridized carbons (Fsp3) is 0.318. The number of carboxylic acid groups (broad SMARTS) is 2. The number of benzene rings is 2. The summed E-state index contributed by atoms with van der Waals surface area (Å²) in [5, 5.41) is 19.7. The molecule has 0 saturated heterocycles. The average Bonchev–Trinajstić information content (AvgIpc) is 2.73. The maximum atomic E-state index is 12.6. The minimum absolute atomic E-state index is 0.128. The van der Waals surface area contributed by atoms with Crippen molar-refractivity contribution in [3.05, 3.63) is 58.6 Å². The number of anilines is 2. The van der Waals surface area contributed by atoms with Crippen LogP contribution in [0.15, 0.2) is 42.5 Å². The number of carboxylic acids is 2. The van der Waals surface area contributed by atoms with Crippen molar-refractivity contribution in [1.82, 2.24) is 0 Å². The Hall–Kier alpha value is -3.27. The third kappa shape index (κ3) is 9.01. The highest BCUT2D eigenvalue weighted by molar-refractivity contribution is 6.31. The molecule has 0 radical (unpaired) electrons. The minimum Gasteiger partial charge on any atom is -0.478 e. The Labute approximate surface area is 193 Å². The minimum atomic E-state index is -5.08. The molecule has 2 rings (SSSR count). The van der Waals surface area contributed by atoms with E-state index in [1.54, 1.807) is 36.4 Å². The van der Waals surface area contributed by atoms with Gasteiger partial charge in [-0.1, -0.05) is 31.5 Å². The van der Waals surface area contributed by atoms with Crippen molar-refractivity contribution in [2.24, 2.45) is 0 Å². The van der Waals surface area contributed by atoms with Gasteiger partial charge < -0.3 is 20.4 Å². The van der Waals surface area contributed by atoms with Crippen LogP contribution >= 0.6 is 11.6 Å². The molecule has 7 nitrogen and oxygen atoms in total. The lowest BCUT2D eigenvalue weighted by Crippen LogP contribution is -2.26. The van der Waals surface area contributed by atoms with Gasteiger partial charge in [-0.3, -0.25) is 4.79 Å². The van der Waals surface area contributed by atoms with E-state index in [0.29, 0.717) is 16.3 Å². The first kappa shape index (κ1) is 27.8. The Kier molecular flexibility index (Phi) is 10.7. The van der Waals surface area contributed by atoms with Crippen LogP contribution in [0.2, 0.25) is 5.02 Å². The molecule has 0 unspecified atom stereocenters. The number of aromatic carboxylic acids is 1. The van der Waals surface area contributed by atoms with Gasteiger partial charge in [0.05, 0.1) is 16.9 Å². The molecule has 11 heteroatoms. The highest BCUT2D eigenvalue weighted by Gasteiger charge is 2.38. The van der Waals surface area contributed by atoms with Crippen LogP contribution in [-0.2, 0) is 4.79 Å². The van der Waals surface area contributed by atoms with Crippen molar-refractivity contribution < 1.29 is 37.8 Å². The van der Waals surface area contributed by atoms with Crippen LogP contribution < -0.4 is 10.2 Å². The number of hydrogen-bond acceptors (Lipinski definition) is 4. The van der Waals surface area contributed by atoms with E-state index in [0.717, 1.165) is 31.6 Å². The first-order valence-corrected chi connectivity index (χ1v) is 10.3. The van der Waals surface area contributed by atoms with E-state index in [4.69, 9.17) is 21.5 Å². The third-order valence-corrected chi connectivity index (χ3v) is 4.38. The molecular weight excluding hydrogens is 465 g/mol. The fourth-order valence-electron chi connectivity index (χ4n) is 2.76. The molecule has 0 heterocycles. The van der Waals surface area contributed by atoms with Crippen LogP contribution in [0.25, 0.3) is 0 Å². The zero-order valence-corrected chi connectivity index (χ0v) is 18.7. The SMILES string of the molecule is CCCN(CCC)c1ccc(C(=O)O)cc1NC(=O)c1cccc(Cl)c1.O=C(O)C(F)(F)F. The quantitative estimate of drug-likeness (QED) is 0.449. The number of rotatable bonds is 8. The standard InChI is InChI=1S/C20H23ClN2O3.C2HF3O2/c1-3-10-23(11-4-2)18-9-8-15(20(25)26)13-17(18)22-19(24)14-6-5-7-16(21)12-14;3-2(4,5)1(6)7/h5-9,12-13H,3-4,10-11H2,1-2H3,(H,22,24)(H,25,26);(H,6,7). The number of nitrogens with zero attached hydrogens (tertiary/aromatic N) is 1. The van der Waals surface area contributed by atoms with E-state index in [1.807, 2.05) is 0 Å². The number of amides is 1. The van der Waals surface area contributed by atoms with Gasteiger partial charge in [0, 0.05) is 23.7 Å². The summed E-state index contributed by atoms with van der Waals surface area (Å²) in [4.78, 5) is 35.0. The molecule has 0 bridgehead atoms. The average molecular weight is 489 g/mol. The Morgan fingerprint density at radius 2 is 1.55 bits per heavy atom. The van der Waals surface area contributed by atoms with Gasteiger partial charge in [0.15, 0.2) is 0 Å². The molecule has 180 valence electrons. The first-order chi connectivity index (χ1) is 15.4. The molecule has 0 atom stereocenters. The van der Waals surface area contributed by atoms with Gasteiger partial charge in [-0.05, 0) is 49.2 Å². The molecule has 0 aliphatic heterocycles. The van der Waals surface area contributed by atoms with Gasteiger partial charge in [-0.2, -0.15) is 13.2 Å². The van der Waals surface area contributed by atoms with Crippen LogP contribution in [0.5, 0.6) is 0 Å². The number of aliphatic carboxylic acids is 1. The summed E-state index contributed by atoms with van der Waals surface area (Å²) in [6, 6.07) is 11.4. The second-order valence-corrected chi connectivity index (χ2v) is 7.23. The predicted octanol–water partition coefficient (Wildman–Crippen LogP) is 5.55. The zero-order valence-electron chi connectivity index (χ0n) is 17.9. The van der Waals surface area contributed by atoms with E-state index >= 15 is 0 Å². The summed E-state index contributed by atoms with van der Waals surface area (Å²) < 4.78 is 31.7. The molecule has 33 heavy (non-hydrogen) atoms. The van der Waals surface area contributed by atoms with E-state index in [1.165, 1.54) is 6.07 Å². The monoisotopic (exact) mass is 488 g/mol. The second-order valence-electron chi connectivity index (χ2n) is 6.79. The maximum absolute atomic E-state index is 12.6. The van der Waals surface area contributed by atoms with E-state index in [-0.39, 0.29) is 11.5 Å². The molecule has 0 fully saturated rings. The second kappa shape index (κ2) is 12.7. The van der Waals surface area contributed by atoms with Crippen molar-refractivity contribution in [3.63, 3.8) is 0 Å². The largest absolute Gasteiger partial charge is 0.490 e. The van der Waals surface area contributed by atoms with Crippen molar-refractivity contribution in [3.8, 4) is 0 Å². The van der Waals surface area contributed by atoms with Gasteiger partial charge in [0.25, 0.3) is 5.91 Å². The van der Waals surface area contributed by atoms with Crippen molar-refractivity contribution in [2.75, 3.05) is 23.3 Å². The third-order valence-electron chi connectivity index (χ3n) is 4.15. The summed E-state index contributed by atoms with van der Waals surface area (Å²) in [7, 11) is 0. The topological polar surface area (TPSA) is 107 Å². The Morgan fingerprint density at radius 1 is 0.970 bits per heavy atom. The van der Waals surface area contributed by atoms with Crippen LogP contribution in [-0.4, -0.2) is 47.3 Å². The molecule has 0 aliphatic carbocycles. The summed E-state index contributed by atoms with van der Waals surface area (Å²) in [6.45, 7) is 5.80. The summed E-state index contributed by atoms with van der Waals surface area (Å²) in [5.74, 6) is -4.12. The predicted molar refractivity (Wildman–Crippen MR) is 119 cm³/mol. The maximum Gasteiger partial charge on any atom is 0.490 e. The normalized spacial score (nSPS) is 10.6. The summed E-state index contributed by atoms with van der Waals surface area (Å²) >= 11 is 5.96. The lowest BCUT2D eigenvalue weighted by Gasteiger charge is -2.26. The molecule has 0 aliphatic rings. The van der Waals surface area contributed by atoms with Crippen molar-refractivity contribution >= 4 is 40.8 Å². The van der Waals surface area contributed by atoms with E-state index in [2.05, 4.69) is 24.1 Å². The highest BCUT2D eigenvalue weighted by Crippen LogP contribution is 2.29. The number of carbonyl (C=O) groups excluding carboxylic acids is 1. The lowest BCUT2D eigenvalue weighted by molar-refractivity contribution is -0.192. The van der Waals surface area contributed by atoms with E-state index < -0.39 is 18.1 Å².